The molecule has 2 heteroatoms. The predicted molar refractivity (Wildman–Crippen MR) is 42.0 cm³/mol. The number of hydrogen-bond donors (Lipinski definition) is 2. The van der Waals surface area contributed by atoms with Crippen molar-refractivity contribution in [2.45, 2.75) is 44.3 Å². The molecular formula is C8H16N2. The summed E-state index contributed by atoms with van der Waals surface area (Å²) in [6.45, 7) is 3.46. The first kappa shape index (κ1) is 6.62. The van der Waals surface area contributed by atoms with Crippen LogP contribution < -0.4 is 10.6 Å². The van der Waals surface area contributed by atoms with Crippen molar-refractivity contribution in [1.82, 2.24) is 10.6 Å². The zero-order valence-electron chi connectivity index (χ0n) is 6.56. The van der Waals surface area contributed by atoms with Gasteiger partial charge in [-0.05, 0) is 26.2 Å². The largest absolute Gasteiger partial charge is 0.313 e. The van der Waals surface area contributed by atoms with E-state index in [1.54, 1.807) is 0 Å². The molecular weight excluding hydrogens is 124 g/mol. The summed E-state index contributed by atoms with van der Waals surface area (Å²) in [7, 11) is 0. The highest BCUT2D eigenvalue weighted by atomic mass is 15.1. The van der Waals surface area contributed by atoms with Gasteiger partial charge in [-0.25, -0.2) is 0 Å². The molecule has 0 spiro atoms. The minimum Gasteiger partial charge on any atom is -0.313 e. The summed E-state index contributed by atoms with van der Waals surface area (Å²) in [6, 6.07) is 2.31. The van der Waals surface area contributed by atoms with Gasteiger partial charge in [0.1, 0.15) is 0 Å². The van der Waals surface area contributed by atoms with Crippen LogP contribution in [0.1, 0.15) is 26.2 Å². The Hall–Kier alpha value is -0.0800. The van der Waals surface area contributed by atoms with E-state index in [1.807, 2.05) is 0 Å². The Bertz CT molecular complexity index is 124. The molecule has 58 valence electrons. The fraction of sp³-hybridized carbons (Fsp3) is 1.00. The van der Waals surface area contributed by atoms with Crippen molar-refractivity contribution in [3.8, 4) is 0 Å². The Morgan fingerprint density at radius 3 is 2.90 bits per heavy atom. The van der Waals surface area contributed by atoms with E-state index in [4.69, 9.17) is 0 Å². The third-order valence-electron chi connectivity index (χ3n) is 2.69. The van der Waals surface area contributed by atoms with Crippen molar-refractivity contribution in [2.75, 3.05) is 6.54 Å². The maximum Gasteiger partial charge on any atom is 0.0195 e. The van der Waals surface area contributed by atoms with Gasteiger partial charge in [0.15, 0.2) is 0 Å². The standard InChI is InChI=1S/C8H16N2/c1-6-4-7-2-3-8(10-7)5-9-6/h6-10H,2-5H2,1H3. The smallest absolute Gasteiger partial charge is 0.0195 e. The van der Waals surface area contributed by atoms with Gasteiger partial charge in [0, 0.05) is 24.7 Å². The van der Waals surface area contributed by atoms with E-state index in [1.165, 1.54) is 25.8 Å². The molecule has 0 aromatic heterocycles. The maximum absolute atomic E-state index is 3.62. The number of nitrogens with one attached hydrogen (secondary N) is 2. The zero-order valence-corrected chi connectivity index (χ0v) is 6.56. The van der Waals surface area contributed by atoms with Gasteiger partial charge in [-0.1, -0.05) is 0 Å². The highest BCUT2D eigenvalue weighted by Crippen LogP contribution is 2.18. The lowest BCUT2D eigenvalue weighted by atomic mass is 10.0. The van der Waals surface area contributed by atoms with Gasteiger partial charge in [0.05, 0.1) is 0 Å². The van der Waals surface area contributed by atoms with Crippen LogP contribution in [0.25, 0.3) is 0 Å². The van der Waals surface area contributed by atoms with Crippen molar-refractivity contribution in [3.63, 3.8) is 0 Å². The molecule has 0 radical (unpaired) electrons. The van der Waals surface area contributed by atoms with Crippen LogP contribution >= 0.6 is 0 Å². The summed E-state index contributed by atoms with van der Waals surface area (Å²) in [4.78, 5) is 0. The Morgan fingerprint density at radius 2 is 2.00 bits per heavy atom. The Morgan fingerprint density at radius 1 is 1.20 bits per heavy atom. The fourth-order valence-corrected chi connectivity index (χ4v) is 2.10. The molecule has 2 rings (SSSR count). The highest BCUT2D eigenvalue weighted by molar-refractivity contribution is 4.90. The third-order valence-corrected chi connectivity index (χ3v) is 2.69. The van der Waals surface area contributed by atoms with Crippen molar-refractivity contribution in [3.05, 3.63) is 0 Å². The molecule has 2 heterocycles. The van der Waals surface area contributed by atoms with Gasteiger partial charge in [-0.2, -0.15) is 0 Å². The van der Waals surface area contributed by atoms with E-state index >= 15 is 0 Å². The van der Waals surface area contributed by atoms with Crippen LogP contribution in [0.3, 0.4) is 0 Å². The van der Waals surface area contributed by atoms with Crippen LogP contribution in [-0.4, -0.2) is 24.7 Å². The SMILES string of the molecule is CC1CC2CCC(CN1)N2. The first-order valence-corrected chi connectivity index (χ1v) is 4.34. The molecule has 0 aromatic rings. The maximum atomic E-state index is 3.62. The molecule has 0 saturated carbocycles. The first-order valence-electron chi connectivity index (χ1n) is 4.34. The molecule has 2 bridgehead atoms. The quantitative estimate of drug-likeness (QED) is 0.511. The average Bonchev–Trinajstić information content (AvgIpc) is 2.22. The zero-order chi connectivity index (χ0) is 6.97. The van der Waals surface area contributed by atoms with Crippen molar-refractivity contribution >= 4 is 0 Å². The van der Waals surface area contributed by atoms with E-state index in [-0.39, 0.29) is 0 Å². The van der Waals surface area contributed by atoms with Crippen molar-refractivity contribution < 1.29 is 0 Å². The molecule has 2 aliphatic heterocycles. The molecule has 0 aromatic carbocycles. The van der Waals surface area contributed by atoms with Gasteiger partial charge in [-0.3, -0.25) is 0 Å². The second-order valence-electron chi connectivity index (χ2n) is 3.68. The second kappa shape index (κ2) is 2.51. The Labute approximate surface area is 62.4 Å². The Balaban J connectivity index is 1.99. The van der Waals surface area contributed by atoms with Crippen molar-refractivity contribution in [2.24, 2.45) is 0 Å². The van der Waals surface area contributed by atoms with Crippen LogP contribution in [0.15, 0.2) is 0 Å². The minimum absolute atomic E-state index is 0.725. The summed E-state index contributed by atoms with van der Waals surface area (Å²) in [5, 5.41) is 7.13. The van der Waals surface area contributed by atoms with Crippen LogP contribution in [-0.2, 0) is 0 Å². The lowest BCUT2D eigenvalue weighted by Crippen LogP contribution is -2.33. The summed E-state index contributed by atoms with van der Waals surface area (Å²) >= 11 is 0. The van der Waals surface area contributed by atoms with Gasteiger partial charge < -0.3 is 10.6 Å². The van der Waals surface area contributed by atoms with Crippen LogP contribution in [0.4, 0.5) is 0 Å². The summed E-state index contributed by atoms with van der Waals surface area (Å²) < 4.78 is 0. The fourth-order valence-electron chi connectivity index (χ4n) is 2.10. The Kier molecular flexibility index (Phi) is 1.66. The molecule has 2 saturated heterocycles. The van der Waals surface area contributed by atoms with Gasteiger partial charge in [0.25, 0.3) is 0 Å². The minimum atomic E-state index is 0.725. The summed E-state index contributed by atoms with van der Waals surface area (Å²) in [5.74, 6) is 0. The van der Waals surface area contributed by atoms with Gasteiger partial charge in [0.2, 0.25) is 0 Å². The molecule has 3 unspecified atom stereocenters. The molecule has 2 nitrogen and oxygen atoms in total. The topological polar surface area (TPSA) is 24.1 Å². The normalized spacial score (nSPS) is 47.1. The predicted octanol–water partition coefficient (Wildman–Crippen LogP) is 0.489. The third kappa shape index (κ3) is 1.18. The van der Waals surface area contributed by atoms with E-state index in [0.717, 1.165) is 18.1 Å². The van der Waals surface area contributed by atoms with E-state index < -0.39 is 0 Å². The van der Waals surface area contributed by atoms with Gasteiger partial charge >= 0.3 is 0 Å². The summed E-state index contributed by atoms with van der Waals surface area (Å²) in [5.41, 5.74) is 0. The monoisotopic (exact) mass is 140 g/mol. The van der Waals surface area contributed by atoms with Crippen LogP contribution in [0, 0.1) is 0 Å². The highest BCUT2D eigenvalue weighted by Gasteiger charge is 2.27. The lowest BCUT2D eigenvalue weighted by Gasteiger charge is -2.14. The molecule has 3 atom stereocenters. The molecule has 2 N–H and O–H groups in total. The average molecular weight is 140 g/mol. The summed E-state index contributed by atoms with van der Waals surface area (Å²) in [6.07, 6.45) is 4.09. The number of fused-ring (bicyclic) bond motifs is 2. The molecule has 2 aliphatic rings. The van der Waals surface area contributed by atoms with Crippen molar-refractivity contribution in [1.29, 1.82) is 0 Å². The first-order chi connectivity index (χ1) is 4.84. The lowest BCUT2D eigenvalue weighted by molar-refractivity contribution is 0.471. The number of hydrogen-bond acceptors (Lipinski definition) is 2. The van der Waals surface area contributed by atoms with Gasteiger partial charge in [-0.15, -0.1) is 0 Å². The van der Waals surface area contributed by atoms with Crippen LogP contribution in [0.2, 0.25) is 0 Å². The van der Waals surface area contributed by atoms with E-state index in [9.17, 15) is 0 Å². The molecule has 0 aliphatic carbocycles. The van der Waals surface area contributed by atoms with E-state index in [0.29, 0.717) is 0 Å². The second-order valence-corrected chi connectivity index (χ2v) is 3.68. The van der Waals surface area contributed by atoms with Crippen LogP contribution in [0.5, 0.6) is 0 Å². The molecule has 2 fully saturated rings. The molecule has 0 amide bonds. The van der Waals surface area contributed by atoms with E-state index in [2.05, 4.69) is 17.6 Å². The molecule has 10 heavy (non-hydrogen) atoms. The number of rotatable bonds is 0.